The lowest BCUT2D eigenvalue weighted by Gasteiger charge is -2.10. The smallest absolute Gasteiger partial charge is 0.242 e. The van der Waals surface area contributed by atoms with Gasteiger partial charge in [-0.3, -0.25) is 4.98 Å². The molecule has 2 heterocycles. The molecule has 0 aliphatic carbocycles. The second kappa shape index (κ2) is 4.41. The minimum Gasteiger partial charge on any atom is -0.493 e. The molecule has 0 saturated heterocycles. The third-order valence-electron chi connectivity index (χ3n) is 2.48. The first kappa shape index (κ1) is 11.2. The van der Waals surface area contributed by atoms with Crippen LogP contribution in [0.1, 0.15) is 0 Å². The monoisotopic (exact) mass is 258 g/mol. The SMILES string of the molecule is COc1cc(N)ccc1Oc1cncc2nnnn12. The quantitative estimate of drug-likeness (QED) is 0.696. The molecule has 0 aliphatic heterocycles. The molecule has 3 rings (SSSR count). The maximum absolute atomic E-state index is 5.70. The second-order valence-electron chi connectivity index (χ2n) is 3.71. The van der Waals surface area contributed by atoms with E-state index in [1.807, 2.05) is 0 Å². The van der Waals surface area contributed by atoms with Crippen LogP contribution in [-0.2, 0) is 0 Å². The number of nitrogens with two attached hydrogens (primary N) is 1. The predicted octanol–water partition coefficient (Wildman–Crippen LogP) is 0.902. The minimum atomic E-state index is 0.380. The van der Waals surface area contributed by atoms with Crippen molar-refractivity contribution >= 4 is 11.3 Å². The van der Waals surface area contributed by atoms with E-state index in [0.29, 0.717) is 28.7 Å². The van der Waals surface area contributed by atoms with Crippen molar-refractivity contribution in [3.05, 3.63) is 30.6 Å². The van der Waals surface area contributed by atoms with E-state index < -0.39 is 0 Å². The van der Waals surface area contributed by atoms with Crippen LogP contribution in [0.25, 0.3) is 5.65 Å². The molecule has 96 valence electrons. The van der Waals surface area contributed by atoms with Crippen LogP contribution in [0, 0.1) is 0 Å². The topological polar surface area (TPSA) is 100 Å². The Labute approximate surface area is 107 Å². The van der Waals surface area contributed by atoms with Crippen LogP contribution >= 0.6 is 0 Å². The fourth-order valence-corrected chi connectivity index (χ4v) is 1.60. The van der Waals surface area contributed by atoms with Crippen molar-refractivity contribution in [3.8, 4) is 17.4 Å². The Morgan fingerprint density at radius 3 is 2.95 bits per heavy atom. The van der Waals surface area contributed by atoms with Crippen molar-refractivity contribution in [3.63, 3.8) is 0 Å². The van der Waals surface area contributed by atoms with Gasteiger partial charge in [-0.1, -0.05) is 0 Å². The lowest BCUT2D eigenvalue weighted by Crippen LogP contribution is -1.98. The number of ether oxygens (including phenoxy) is 2. The zero-order chi connectivity index (χ0) is 13.2. The standard InChI is InChI=1S/C11H10N6O2/c1-18-9-4-7(12)2-3-8(9)19-11-6-13-5-10-14-15-16-17(10)11/h2-6H,12H2,1H3. The van der Waals surface area contributed by atoms with Gasteiger partial charge in [-0.05, 0) is 22.6 Å². The van der Waals surface area contributed by atoms with Gasteiger partial charge in [-0.2, -0.15) is 4.52 Å². The molecule has 0 unspecified atom stereocenters. The third-order valence-corrected chi connectivity index (χ3v) is 2.48. The van der Waals surface area contributed by atoms with E-state index >= 15 is 0 Å². The number of nitrogens with zero attached hydrogens (tertiary/aromatic N) is 5. The van der Waals surface area contributed by atoms with Crippen molar-refractivity contribution in [2.45, 2.75) is 0 Å². The Morgan fingerprint density at radius 1 is 1.21 bits per heavy atom. The van der Waals surface area contributed by atoms with Crippen LogP contribution in [0.4, 0.5) is 5.69 Å². The summed E-state index contributed by atoms with van der Waals surface area (Å²) in [6.45, 7) is 0. The highest BCUT2D eigenvalue weighted by Gasteiger charge is 2.10. The summed E-state index contributed by atoms with van der Waals surface area (Å²) >= 11 is 0. The summed E-state index contributed by atoms with van der Waals surface area (Å²) in [5.74, 6) is 1.40. The molecule has 0 radical (unpaired) electrons. The summed E-state index contributed by atoms with van der Waals surface area (Å²) in [4.78, 5) is 4.00. The van der Waals surface area contributed by atoms with Crippen molar-refractivity contribution in [1.29, 1.82) is 0 Å². The van der Waals surface area contributed by atoms with Crippen molar-refractivity contribution < 1.29 is 9.47 Å². The molecule has 19 heavy (non-hydrogen) atoms. The van der Waals surface area contributed by atoms with E-state index in [2.05, 4.69) is 20.5 Å². The molecule has 8 nitrogen and oxygen atoms in total. The number of nitrogen functional groups attached to an aromatic ring is 1. The molecule has 1 aromatic carbocycles. The van der Waals surface area contributed by atoms with Gasteiger partial charge < -0.3 is 15.2 Å². The number of fused-ring (bicyclic) bond motifs is 1. The molecule has 0 amide bonds. The van der Waals surface area contributed by atoms with Gasteiger partial charge in [-0.15, -0.1) is 5.10 Å². The Bertz CT molecular complexity index is 726. The lowest BCUT2D eigenvalue weighted by atomic mass is 10.3. The molecule has 0 fully saturated rings. The van der Waals surface area contributed by atoms with E-state index in [1.165, 1.54) is 24.0 Å². The van der Waals surface area contributed by atoms with Crippen LogP contribution in [0.5, 0.6) is 17.4 Å². The predicted molar refractivity (Wildman–Crippen MR) is 66.1 cm³/mol. The first-order chi connectivity index (χ1) is 9.28. The number of hydrogen-bond donors (Lipinski definition) is 1. The van der Waals surface area contributed by atoms with E-state index in [-0.39, 0.29) is 0 Å². The summed E-state index contributed by atoms with van der Waals surface area (Å²) in [6, 6.07) is 5.09. The van der Waals surface area contributed by atoms with Crippen LogP contribution in [0.15, 0.2) is 30.6 Å². The zero-order valence-corrected chi connectivity index (χ0v) is 10.0. The molecule has 0 atom stereocenters. The third kappa shape index (κ3) is 1.99. The molecule has 2 N–H and O–H groups in total. The molecule has 8 heteroatoms. The first-order valence-electron chi connectivity index (χ1n) is 5.41. The number of methoxy groups -OCH3 is 1. The molecule has 0 saturated carbocycles. The largest absolute Gasteiger partial charge is 0.493 e. The molecule has 3 aromatic rings. The lowest BCUT2D eigenvalue weighted by molar-refractivity contribution is 0.369. The molecule has 2 aromatic heterocycles. The van der Waals surface area contributed by atoms with Gasteiger partial charge in [0.2, 0.25) is 11.5 Å². The van der Waals surface area contributed by atoms with Gasteiger partial charge in [0.25, 0.3) is 0 Å². The van der Waals surface area contributed by atoms with Gasteiger partial charge in [-0.25, -0.2) is 0 Å². The molecular formula is C11H10N6O2. The van der Waals surface area contributed by atoms with E-state index in [9.17, 15) is 0 Å². The Morgan fingerprint density at radius 2 is 2.11 bits per heavy atom. The first-order valence-corrected chi connectivity index (χ1v) is 5.41. The summed E-state index contributed by atoms with van der Waals surface area (Å²) < 4.78 is 12.3. The Balaban J connectivity index is 2.03. The van der Waals surface area contributed by atoms with E-state index in [1.54, 1.807) is 18.2 Å². The van der Waals surface area contributed by atoms with Crippen LogP contribution < -0.4 is 15.2 Å². The number of anilines is 1. The van der Waals surface area contributed by atoms with Gasteiger partial charge in [0, 0.05) is 11.8 Å². The van der Waals surface area contributed by atoms with Crippen molar-refractivity contribution in [2.24, 2.45) is 0 Å². The summed E-state index contributed by atoms with van der Waals surface area (Å²) in [5.41, 5.74) is 6.76. The minimum absolute atomic E-state index is 0.380. The average molecular weight is 258 g/mol. The summed E-state index contributed by atoms with van der Waals surface area (Å²) in [6.07, 6.45) is 3.05. The molecule has 0 aliphatic rings. The normalized spacial score (nSPS) is 10.6. The summed E-state index contributed by atoms with van der Waals surface area (Å²) in [7, 11) is 1.54. The number of tetrazole rings is 1. The fraction of sp³-hybridized carbons (Fsp3) is 0.0909. The van der Waals surface area contributed by atoms with Gasteiger partial charge >= 0.3 is 0 Å². The van der Waals surface area contributed by atoms with E-state index in [4.69, 9.17) is 15.2 Å². The summed E-state index contributed by atoms with van der Waals surface area (Å²) in [5, 5.41) is 11.2. The zero-order valence-electron chi connectivity index (χ0n) is 10.0. The Hall–Kier alpha value is -2.90. The highest BCUT2D eigenvalue weighted by Crippen LogP contribution is 2.32. The van der Waals surface area contributed by atoms with Gasteiger partial charge in [0.05, 0.1) is 19.5 Å². The number of aromatic nitrogens is 5. The number of rotatable bonds is 3. The van der Waals surface area contributed by atoms with E-state index in [0.717, 1.165) is 0 Å². The number of benzene rings is 1. The van der Waals surface area contributed by atoms with Crippen LogP contribution in [-0.4, -0.2) is 32.1 Å². The molecular weight excluding hydrogens is 248 g/mol. The average Bonchev–Trinajstić information content (AvgIpc) is 2.90. The molecule has 0 spiro atoms. The maximum atomic E-state index is 5.70. The Kier molecular flexibility index (Phi) is 2.60. The number of hydrogen-bond acceptors (Lipinski definition) is 7. The van der Waals surface area contributed by atoms with Crippen molar-refractivity contribution in [2.75, 3.05) is 12.8 Å². The molecule has 0 bridgehead atoms. The second-order valence-corrected chi connectivity index (χ2v) is 3.71. The fourth-order valence-electron chi connectivity index (χ4n) is 1.60. The van der Waals surface area contributed by atoms with Gasteiger partial charge in [0.15, 0.2) is 11.5 Å². The van der Waals surface area contributed by atoms with Gasteiger partial charge in [0.1, 0.15) is 0 Å². The van der Waals surface area contributed by atoms with Crippen molar-refractivity contribution in [1.82, 2.24) is 25.0 Å². The maximum Gasteiger partial charge on any atom is 0.242 e. The van der Waals surface area contributed by atoms with Crippen LogP contribution in [0.3, 0.4) is 0 Å². The highest BCUT2D eigenvalue weighted by atomic mass is 16.5. The highest BCUT2D eigenvalue weighted by molar-refractivity contribution is 5.53. The van der Waals surface area contributed by atoms with Crippen LogP contribution in [0.2, 0.25) is 0 Å².